The van der Waals surface area contributed by atoms with Crippen molar-refractivity contribution in [1.29, 1.82) is 0 Å². The topological polar surface area (TPSA) is 70.0 Å². The number of rotatable bonds is 12. The lowest BCUT2D eigenvalue weighted by atomic mass is 10.2. The molecule has 6 nitrogen and oxygen atoms in total. The predicted octanol–water partition coefficient (Wildman–Crippen LogP) is 2.28. The van der Waals surface area contributed by atoms with Crippen LogP contribution in [0.25, 0.3) is 0 Å². The van der Waals surface area contributed by atoms with E-state index in [0.29, 0.717) is 19.8 Å². The second-order valence-corrected chi connectivity index (χ2v) is 5.33. The fraction of sp³-hybridized carbons (Fsp3) is 0.643. The molecule has 1 rings (SSSR count). The molecule has 0 spiro atoms. The molecule has 0 bridgehead atoms. The van der Waals surface area contributed by atoms with Crippen molar-refractivity contribution < 1.29 is 37.2 Å². The highest BCUT2D eigenvalue weighted by molar-refractivity contribution is 9.10. The number of halogens is 4. The van der Waals surface area contributed by atoms with E-state index in [2.05, 4.69) is 20.9 Å². The van der Waals surface area contributed by atoms with E-state index in [1.54, 1.807) is 0 Å². The van der Waals surface area contributed by atoms with Crippen molar-refractivity contribution in [1.82, 2.24) is 4.98 Å². The summed E-state index contributed by atoms with van der Waals surface area (Å²) in [6, 6.07) is 0.913. The Balaban J connectivity index is 2.16. The van der Waals surface area contributed by atoms with Gasteiger partial charge in [0.05, 0.1) is 46.2 Å². The van der Waals surface area contributed by atoms with Crippen LogP contribution in [0.5, 0.6) is 5.88 Å². The van der Waals surface area contributed by atoms with Crippen molar-refractivity contribution in [2.24, 2.45) is 0 Å². The summed E-state index contributed by atoms with van der Waals surface area (Å²) in [5, 5.41) is 8.48. The highest BCUT2D eigenvalue weighted by atomic mass is 79.9. The second kappa shape index (κ2) is 11.6. The zero-order valence-electron chi connectivity index (χ0n) is 12.9. The molecule has 0 aliphatic heterocycles. The van der Waals surface area contributed by atoms with Gasteiger partial charge in [0.15, 0.2) is 0 Å². The summed E-state index contributed by atoms with van der Waals surface area (Å²) in [6.45, 7) is 1.64. The molecule has 0 atom stereocenters. The third-order valence-corrected chi connectivity index (χ3v) is 3.00. The van der Waals surface area contributed by atoms with Crippen LogP contribution in [-0.2, 0) is 20.4 Å². The summed E-state index contributed by atoms with van der Waals surface area (Å²) < 4.78 is 59.1. The molecular formula is C14H19BrF3NO5. The number of aliphatic hydroxyl groups excluding tert-OH is 1. The lowest BCUT2D eigenvalue weighted by Gasteiger charge is -2.13. The van der Waals surface area contributed by atoms with Gasteiger partial charge < -0.3 is 24.1 Å². The Kier molecular flexibility index (Phi) is 10.2. The van der Waals surface area contributed by atoms with Gasteiger partial charge in [0.1, 0.15) is 12.2 Å². The van der Waals surface area contributed by atoms with Gasteiger partial charge in [-0.2, -0.15) is 13.2 Å². The van der Waals surface area contributed by atoms with Crippen molar-refractivity contribution >= 4 is 15.9 Å². The molecule has 1 aromatic heterocycles. The van der Waals surface area contributed by atoms with Gasteiger partial charge in [0.25, 0.3) is 0 Å². The highest BCUT2D eigenvalue weighted by Crippen LogP contribution is 2.36. The third kappa shape index (κ3) is 8.78. The zero-order chi connectivity index (χ0) is 17.8. The molecule has 0 saturated carbocycles. The van der Waals surface area contributed by atoms with Gasteiger partial charge in [-0.1, -0.05) is 0 Å². The summed E-state index contributed by atoms with van der Waals surface area (Å²) in [7, 11) is 0. The van der Waals surface area contributed by atoms with Crippen molar-refractivity contribution in [3.05, 3.63) is 22.3 Å². The molecule has 0 aliphatic rings. The van der Waals surface area contributed by atoms with Gasteiger partial charge >= 0.3 is 6.18 Å². The third-order valence-electron chi connectivity index (χ3n) is 2.57. The summed E-state index contributed by atoms with van der Waals surface area (Å²) in [5.41, 5.74) is -0.942. The first-order valence-corrected chi connectivity index (χ1v) is 7.94. The molecule has 10 heteroatoms. The number of aromatic nitrogens is 1. The number of hydrogen-bond acceptors (Lipinski definition) is 6. The van der Waals surface area contributed by atoms with Gasteiger partial charge in [-0.15, -0.1) is 0 Å². The number of alkyl halides is 3. The molecule has 1 aromatic rings. The number of ether oxygens (including phenoxy) is 4. The largest absolute Gasteiger partial charge is 0.475 e. The molecule has 0 saturated heterocycles. The van der Waals surface area contributed by atoms with Gasteiger partial charge in [-0.3, -0.25) is 0 Å². The van der Waals surface area contributed by atoms with Crippen LogP contribution >= 0.6 is 15.9 Å². The van der Waals surface area contributed by atoms with Crippen molar-refractivity contribution in [3.63, 3.8) is 0 Å². The van der Waals surface area contributed by atoms with Crippen LogP contribution in [0.3, 0.4) is 0 Å². The second-order valence-electron chi connectivity index (χ2n) is 4.41. The van der Waals surface area contributed by atoms with Crippen molar-refractivity contribution in [3.8, 4) is 5.88 Å². The fourth-order valence-electron chi connectivity index (χ4n) is 1.55. The first kappa shape index (κ1) is 21.1. The molecule has 0 aliphatic carbocycles. The lowest BCUT2D eigenvalue weighted by Crippen LogP contribution is -2.15. The van der Waals surface area contributed by atoms with Crippen LogP contribution < -0.4 is 4.74 Å². The van der Waals surface area contributed by atoms with Crippen LogP contribution in [0.1, 0.15) is 5.56 Å². The summed E-state index contributed by atoms with van der Waals surface area (Å²) in [4.78, 5) is 3.63. The standard InChI is InChI=1S/C14H19BrF3NO5/c15-11-9-12(14(16,17)18)13(19-10-11)24-8-7-23-6-5-22-4-3-21-2-1-20/h9-10,20H,1-8H2. The van der Waals surface area contributed by atoms with Gasteiger partial charge in [-0.25, -0.2) is 4.98 Å². The highest BCUT2D eigenvalue weighted by Gasteiger charge is 2.35. The van der Waals surface area contributed by atoms with Crippen molar-refractivity contribution in [2.75, 3.05) is 52.9 Å². The Bertz CT molecular complexity index is 476. The minimum atomic E-state index is -4.54. The van der Waals surface area contributed by atoms with Crippen LogP contribution in [-0.4, -0.2) is 62.9 Å². The molecule has 1 heterocycles. The maximum absolute atomic E-state index is 12.8. The average molecular weight is 418 g/mol. The van der Waals surface area contributed by atoms with Crippen LogP contribution in [0.15, 0.2) is 16.7 Å². The van der Waals surface area contributed by atoms with E-state index in [1.165, 1.54) is 6.20 Å². The Labute approximate surface area is 146 Å². The van der Waals surface area contributed by atoms with E-state index in [9.17, 15) is 13.2 Å². The van der Waals surface area contributed by atoms with Crippen LogP contribution in [0.2, 0.25) is 0 Å². The van der Waals surface area contributed by atoms with E-state index in [4.69, 9.17) is 24.1 Å². The first-order valence-electron chi connectivity index (χ1n) is 7.14. The monoisotopic (exact) mass is 417 g/mol. The van der Waals surface area contributed by atoms with Gasteiger partial charge in [-0.05, 0) is 22.0 Å². The Morgan fingerprint density at radius 3 is 2.04 bits per heavy atom. The Hall–Kier alpha value is -0.940. The first-order chi connectivity index (χ1) is 11.4. The van der Waals surface area contributed by atoms with Crippen LogP contribution in [0.4, 0.5) is 13.2 Å². The van der Waals surface area contributed by atoms with Crippen LogP contribution in [0, 0.1) is 0 Å². The molecule has 138 valence electrons. The predicted molar refractivity (Wildman–Crippen MR) is 82.0 cm³/mol. The molecule has 0 unspecified atom stereocenters. The maximum atomic E-state index is 12.8. The van der Waals surface area contributed by atoms with E-state index >= 15 is 0 Å². The smallest absolute Gasteiger partial charge is 0.421 e. The molecule has 0 radical (unpaired) electrons. The van der Waals surface area contributed by atoms with E-state index in [1.807, 2.05) is 0 Å². The summed E-state index contributed by atoms with van der Waals surface area (Å²) in [5.74, 6) is -0.480. The lowest BCUT2D eigenvalue weighted by molar-refractivity contribution is -0.139. The average Bonchev–Trinajstić information content (AvgIpc) is 2.53. The molecular weight excluding hydrogens is 399 g/mol. The normalized spacial score (nSPS) is 11.7. The van der Waals surface area contributed by atoms with E-state index in [0.717, 1.165) is 6.07 Å². The summed E-state index contributed by atoms with van der Waals surface area (Å²) in [6.07, 6.45) is -3.31. The molecule has 0 aromatic carbocycles. The number of aliphatic hydroxyl groups is 1. The minimum absolute atomic E-state index is 0.0353. The Morgan fingerprint density at radius 1 is 0.958 bits per heavy atom. The molecule has 0 fully saturated rings. The van der Waals surface area contributed by atoms with Gasteiger partial charge in [0, 0.05) is 10.7 Å². The fourth-order valence-corrected chi connectivity index (χ4v) is 1.88. The molecule has 1 N–H and O–H groups in total. The minimum Gasteiger partial charge on any atom is -0.475 e. The maximum Gasteiger partial charge on any atom is 0.421 e. The molecule has 0 amide bonds. The van der Waals surface area contributed by atoms with E-state index < -0.39 is 17.6 Å². The van der Waals surface area contributed by atoms with Gasteiger partial charge in [0.2, 0.25) is 5.88 Å². The number of pyridine rings is 1. The van der Waals surface area contributed by atoms with Crippen molar-refractivity contribution in [2.45, 2.75) is 6.18 Å². The summed E-state index contributed by atoms with van der Waals surface area (Å²) >= 11 is 2.95. The SMILES string of the molecule is OCCOCCOCCOCCOc1ncc(Br)cc1C(F)(F)F. The quantitative estimate of drug-likeness (QED) is 0.526. The number of nitrogens with zero attached hydrogens (tertiary/aromatic N) is 1. The molecule has 24 heavy (non-hydrogen) atoms. The number of hydrogen-bond donors (Lipinski definition) is 1. The zero-order valence-corrected chi connectivity index (χ0v) is 14.4. The Morgan fingerprint density at radius 2 is 1.50 bits per heavy atom. The van der Waals surface area contributed by atoms with E-state index in [-0.39, 0.29) is 37.5 Å².